The quantitative estimate of drug-likeness (QED) is 0.563. The second kappa shape index (κ2) is 5.45. The Bertz CT molecular complexity index is 1120. The van der Waals surface area contributed by atoms with Crippen LogP contribution in [0.1, 0.15) is 0 Å². The summed E-state index contributed by atoms with van der Waals surface area (Å²) in [5.74, 6) is 1.07. The average molecular weight is 342 g/mol. The van der Waals surface area contributed by atoms with Crippen LogP contribution in [0.3, 0.4) is 0 Å². The lowest BCUT2D eigenvalue weighted by molar-refractivity contribution is 0.382. The van der Waals surface area contributed by atoms with Gasteiger partial charge < -0.3 is 15.1 Å². The zero-order valence-corrected chi connectivity index (χ0v) is 14.2. The molecule has 10 nitrogen and oxygen atoms in total. The molecule has 0 unspecified atom stereocenters. The van der Waals surface area contributed by atoms with Crippen LogP contribution in [0, 0.1) is 0 Å². The van der Waals surface area contributed by atoms with Gasteiger partial charge in [-0.15, -0.1) is 5.10 Å². The molecule has 130 valence electrons. The molecule has 25 heavy (non-hydrogen) atoms. The standard InChI is InChI=1S/C15H18N8O2/c1-20(2)6-7-22-12-10(21(3)15(22)24)13-17-11(9-5-4-8-25-9)19-23(13)14(16)18-12/h4-5,8H,6-7H2,1-3H3,(H2,16,18). The number of imidazole rings is 1. The summed E-state index contributed by atoms with van der Waals surface area (Å²) in [6, 6.07) is 3.52. The number of aryl methyl sites for hydroxylation is 1. The highest BCUT2D eigenvalue weighted by atomic mass is 16.3. The van der Waals surface area contributed by atoms with E-state index in [0.29, 0.717) is 41.5 Å². The summed E-state index contributed by atoms with van der Waals surface area (Å²) in [6.07, 6.45) is 1.55. The first-order chi connectivity index (χ1) is 12.0. The van der Waals surface area contributed by atoms with E-state index >= 15 is 0 Å². The van der Waals surface area contributed by atoms with Crippen LogP contribution in [0.4, 0.5) is 5.95 Å². The van der Waals surface area contributed by atoms with E-state index in [1.165, 1.54) is 9.08 Å². The van der Waals surface area contributed by atoms with Crippen LogP contribution in [0.25, 0.3) is 28.4 Å². The number of nitrogens with zero attached hydrogens (tertiary/aromatic N) is 7. The van der Waals surface area contributed by atoms with Crippen LogP contribution in [-0.2, 0) is 13.6 Å². The third-order valence-electron chi connectivity index (χ3n) is 4.09. The van der Waals surface area contributed by atoms with Crippen molar-refractivity contribution in [3.8, 4) is 11.6 Å². The minimum atomic E-state index is -0.167. The number of anilines is 1. The van der Waals surface area contributed by atoms with Crippen LogP contribution in [-0.4, -0.2) is 54.3 Å². The predicted octanol–water partition coefficient (Wildman–Crippen LogP) is 0.182. The molecule has 0 atom stereocenters. The Labute approximate surface area is 142 Å². The normalized spacial score (nSPS) is 12.0. The first kappa shape index (κ1) is 15.4. The number of fused-ring (bicyclic) bond motifs is 3. The molecule has 4 rings (SSSR count). The molecule has 0 radical (unpaired) electrons. The van der Waals surface area contributed by atoms with Crippen molar-refractivity contribution in [1.29, 1.82) is 0 Å². The van der Waals surface area contributed by atoms with Crippen molar-refractivity contribution in [1.82, 2.24) is 33.6 Å². The van der Waals surface area contributed by atoms with Crippen molar-refractivity contribution < 1.29 is 4.42 Å². The number of likely N-dealkylation sites (N-methyl/N-ethyl adjacent to an activating group) is 1. The van der Waals surface area contributed by atoms with Crippen molar-refractivity contribution in [2.24, 2.45) is 7.05 Å². The van der Waals surface area contributed by atoms with Crippen LogP contribution < -0.4 is 11.4 Å². The Morgan fingerprint density at radius 3 is 2.76 bits per heavy atom. The van der Waals surface area contributed by atoms with Gasteiger partial charge in [0.05, 0.1) is 6.26 Å². The Morgan fingerprint density at radius 1 is 1.28 bits per heavy atom. The topological polar surface area (TPSA) is 112 Å². The molecule has 0 saturated heterocycles. The summed E-state index contributed by atoms with van der Waals surface area (Å²) in [7, 11) is 5.59. The van der Waals surface area contributed by atoms with E-state index in [-0.39, 0.29) is 11.6 Å². The Hall–Kier alpha value is -3.14. The molecule has 0 aromatic carbocycles. The van der Waals surface area contributed by atoms with Gasteiger partial charge in [0, 0.05) is 20.1 Å². The van der Waals surface area contributed by atoms with Gasteiger partial charge in [0.1, 0.15) is 5.52 Å². The zero-order valence-electron chi connectivity index (χ0n) is 14.2. The van der Waals surface area contributed by atoms with Gasteiger partial charge in [-0.25, -0.2) is 9.78 Å². The largest absolute Gasteiger partial charge is 0.461 e. The van der Waals surface area contributed by atoms with Gasteiger partial charge in [0.15, 0.2) is 17.1 Å². The lowest BCUT2D eigenvalue weighted by Gasteiger charge is -2.09. The van der Waals surface area contributed by atoms with E-state index in [4.69, 9.17) is 10.2 Å². The monoisotopic (exact) mass is 342 g/mol. The summed E-state index contributed by atoms with van der Waals surface area (Å²) in [6.45, 7) is 1.21. The summed E-state index contributed by atoms with van der Waals surface area (Å²) >= 11 is 0. The lowest BCUT2D eigenvalue weighted by atomic mass is 10.4. The van der Waals surface area contributed by atoms with Crippen molar-refractivity contribution >= 4 is 22.8 Å². The Kier molecular flexibility index (Phi) is 3.35. The summed E-state index contributed by atoms with van der Waals surface area (Å²) in [4.78, 5) is 23.5. The molecule has 0 amide bonds. The van der Waals surface area contributed by atoms with Crippen molar-refractivity contribution in [2.45, 2.75) is 6.54 Å². The second-order valence-corrected chi connectivity index (χ2v) is 6.09. The Morgan fingerprint density at radius 2 is 2.08 bits per heavy atom. The minimum absolute atomic E-state index is 0.164. The molecular weight excluding hydrogens is 324 g/mol. The maximum Gasteiger partial charge on any atom is 0.330 e. The third-order valence-corrected chi connectivity index (χ3v) is 4.09. The molecule has 0 aliphatic rings. The highest BCUT2D eigenvalue weighted by molar-refractivity contribution is 5.88. The fourth-order valence-corrected chi connectivity index (χ4v) is 2.80. The lowest BCUT2D eigenvalue weighted by Crippen LogP contribution is -2.27. The van der Waals surface area contributed by atoms with Crippen LogP contribution in [0.15, 0.2) is 27.6 Å². The van der Waals surface area contributed by atoms with E-state index in [9.17, 15) is 4.79 Å². The van der Waals surface area contributed by atoms with Gasteiger partial charge >= 0.3 is 5.69 Å². The predicted molar refractivity (Wildman–Crippen MR) is 92.2 cm³/mol. The van der Waals surface area contributed by atoms with Crippen LogP contribution >= 0.6 is 0 Å². The molecular formula is C15H18N8O2. The number of hydrogen-bond donors (Lipinski definition) is 1. The molecule has 0 fully saturated rings. The molecule has 0 aliphatic carbocycles. The highest BCUT2D eigenvalue weighted by Gasteiger charge is 2.21. The van der Waals surface area contributed by atoms with E-state index in [2.05, 4.69) is 15.1 Å². The van der Waals surface area contributed by atoms with Crippen molar-refractivity contribution in [3.05, 3.63) is 28.9 Å². The molecule has 0 aliphatic heterocycles. The molecule has 0 spiro atoms. The summed E-state index contributed by atoms with van der Waals surface area (Å²) in [5, 5.41) is 4.35. The van der Waals surface area contributed by atoms with E-state index < -0.39 is 0 Å². The first-order valence-corrected chi connectivity index (χ1v) is 7.77. The maximum absolute atomic E-state index is 12.6. The molecule has 0 bridgehead atoms. The first-order valence-electron chi connectivity index (χ1n) is 7.77. The average Bonchev–Trinajstić information content (AvgIpc) is 3.26. The summed E-state index contributed by atoms with van der Waals surface area (Å²) in [5.41, 5.74) is 7.44. The van der Waals surface area contributed by atoms with Gasteiger partial charge in [-0.05, 0) is 26.2 Å². The zero-order chi connectivity index (χ0) is 17.7. The molecule has 4 heterocycles. The van der Waals surface area contributed by atoms with Crippen molar-refractivity contribution in [3.63, 3.8) is 0 Å². The maximum atomic E-state index is 12.6. The molecule has 0 saturated carbocycles. The fraction of sp³-hybridized carbons (Fsp3) is 0.333. The van der Waals surface area contributed by atoms with E-state index in [0.717, 1.165) is 0 Å². The number of rotatable bonds is 4. The van der Waals surface area contributed by atoms with Crippen LogP contribution in [0.2, 0.25) is 0 Å². The van der Waals surface area contributed by atoms with E-state index in [1.54, 1.807) is 30.0 Å². The fourth-order valence-electron chi connectivity index (χ4n) is 2.80. The van der Waals surface area contributed by atoms with Gasteiger partial charge in [-0.1, -0.05) is 0 Å². The smallest absolute Gasteiger partial charge is 0.330 e. The molecule has 4 aromatic rings. The third kappa shape index (κ3) is 2.30. The second-order valence-electron chi connectivity index (χ2n) is 6.09. The van der Waals surface area contributed by atoms with Crippen LogP contribution in [0.5, 0.6) is 0 Å². The number of hydrogen-bond acceptors (Lipinski definition) is 7. The molecule has 10 heteroatoms. The molecule has 4 aromatic heterocycles. The molecule has 2 N–H and O–H groups in total. The van der Waals surface area contributed by atoms with Gasteiger partial charge in [0.2, 0.25) is 11.8 Å². The van der Waals surface area contributed by atoms with Gasteiger partial charge in [0.25, 0.3) is 0 Å². The SMILES string of the molecule is CN(C)CCn1c(=O)n(C)c2c1nc(N)n1nc(-c3ccco3)nc21. The van der Waals surface area contributed by atoms with Gasteiger partial charge in [-0.3, -0.25) is 9.13 Å². The van der Waals surface area contributed by atoms with Gasteiger partial charge in [-0.2, -0.15) is 9.50 Å². The van der Waals surface area contributed by atoms with Crippen molar-refractivity contribution in [2.75, 3.05) is 26.4 Å². The number of aromatic nitrogens is 6. The number of furan rings is 1. The van der Waals surface area contributed by atoms with E-state index in [1.807, 2.05) is 19.0 Å². The minimum Gasteiger partial charge on any atom is -0.461 e. The number of nitrogens with two attached hydrogens (primary N) is 1. The summed E-state index contributed by atoms with van der Waals surface area (Å²) < 4.78 is 9.90. The highest BCUT2D eigenvalue weighted by Crippen LogP contribution is 2.22. The Balaban J connectivity index is 2.00. The number of nitrogen functional groups attached to an aromatic ring is 1.